The molecule has 0 radical (unpaired) electrons. The molecule has 1 N–H and O–H groups in total. The molecule has 0 saturated carbocycles. The minimum Gasteiger partial charge on any atom is -0.352 e. The van der Waals surface area contributed by atoms with E-state index in [1.165, 1.54) is 0 Å². The standard InChI is InChI=1S/C18H24N2O2/c1-18(2,3)17(22)15-11-13-10-12(6-7-14(13)19-15)16(21)8-9-20(4)5/h6-7,10-11,19H,8-9H2,1-5H3. The molecule has 0 spiro atoms. The van der Waals surface area contributed by atoms with Gasteiger partial charge in [-0.15, -0.1) is 0 Å². The van der Waals surface area contributed by atoms with Crippen LogP contribution in [0, 0.1) is 5.41 Å². The maximum absolute atomic E-state index is 12.3. The van der Waals surface area contributed by atoms with Crippen molar-refractivity contribution < 1.29 is 9.59 Å². The number of H-pyrrole nitrogens is 1. The van der Waals surface area contributed by atoms with E-state index in [9.17, 15) is 9.59 Å². The summed E-state index contributed by atoms with van der Waals surface area (Å²) in [4.78, 5) is 29.7. The molecule has 0 amide bonds. The maximum atomic E-state index is 12.3. The molecule has 0 aliphatic rings. The highest BCUT2D eigenvalue weighted by Crippen LogP contribution is 2.24. The van der Waals surface area contributed by atoms with Crippen LogP contribution in [-0.2, 0) is 0 Å². The van der Waals surface area contributed by atoms with E-state index in [-0.39, 0.29) is 11.6 Å². The Balaban J connectivity index is 2.28. The molecule has 1 aromatic carbocycles. The molecular weight excluding hydrogens is 276 g/mol. The van der Waals surface area contributed by atoms with Crippen molar-refractivity contribution in [3.63, 3.8) is 0 Å². The fourth-order valence-electron chi connectivity index (χ4n) is 2.30. The van der Waals surface area contributed by atoms with Crippen LogP contribution in [0.1, 0.15) is 48.0 Å². The first-order chi connectivity index (χ1) is 10.2. The molecule has 4 heteroatoms. The molecule has 4 nitrogen and oxygen atoms in total. The van der Waals surface area contributed by atoms with E-state index < -0.39 is 5.41 Å². The second-order valence-electron chi connectivity index (χ2n) is 7.04. The highest BCUT2D eigenvalue weighted by Gasteiger charge is 2.24. The van der Waals surface area contributed by atoms with Crippen LogP contribution in [0.3, 0.4) is 0 Å². The van der Waals surface area contributed by atoms with E-state index in [1.807, 2.05) is 64.0 Å². The van der Waals surface area contributed by atoms with Crippen molar-refractivity contribution in [2.45, 2.75) is 27.2 Å². The molecule has 0 fully saturated rings. The summed E-state index contributed by atoms with van der Waals surface area (Å²) in [5.74, 6) is 0.199. The van der Waals surface area contributed by atoms with Gasteiger partial charge in [-0.1, -0.05) is 20.8 Å². The summed E-state index contributed by atoms with van der Waals surface area (Å²) in [5.41, 5.74) is 1.76. The number of benzene rings is 1. The Labute approximate surface area is 131 Å². The van der Waals surface area contributed by atoms with Gasteiger partial charge in [-0.05, 0) is 38.4 Å². The lowest BCUT2D eigenvalue weighted by molar-refractivity contribution is 0.0853. The molecule has 0 unspecified atom stereocenters. The highest BCUT2D eigenvalue weighted by molar-refractivity contribution is 6.04. The van der Waals surface area contributed by atoms with Gasteiger partial charge in [0.2, 0.25) is 0 Å². The SMILES string of the molecule is CN(C)CCC(=O)c1ccc2[nH]c(C(=O)C(C)(C)C)cc2c1. The quantitative estimate of drug-likeness (QED) is 0.859. The van der Waals surface area contributed by atoms with Gasteiger partial charge in [-0.25, -0.2) is 0 Å². The van der Waals surface area contributed by atoms with Crippen molar-refractivity contribution in [2.24, 2.45) is 5.41 Å². The molecule has 0 saturated heterocycles. The number of carbonyl (C=O) groups excluding carboxylic acids is 2. The number of hydrogen-bond acceptors (Lipinski definition) is 3. The zero-order chi connectivity index (χ0) is 16.5. The Morgan fingerprint density at radius 3 is 2.41 bits per heavy atom. The van der Waals surface area contributed by atoms with E-state index in [1.54, 1.807) is 0 Å². The van der Waals surface area contributed by atoms with E-state index in [0.717, 1.165) is 17.4 Å². The molecule has 2 rings (SSSR count). The zero-order valence-electron chi connectivity index (χ0n) is 14.0. The third-order valence-corrected chi connectivity index (χ3v) is 3.65. The molecule has 22 heavy (non-hydrogen) atoms. The molecule has 1 aromatic heterocycles. The summed E-state index contributed by atoms with van der Waals surface area (Å²) < 4.78 is 0. The third-order valence-electron chi connectivity index (χ3n) is 3.65. The average molecular weight is 300 g/mol. The van der Waals surface area contributed by atoms with Crippen LogP contribution in [0.2, 0.25) is 0 Å². The van der Waals surface area contributed by atoms with Crippen molar-refractivity contribution in [3.05, 3.63) is 35.5 Å². The van der Waals surface area contributed by atoms with Crippen molar-refractivity contribution in [1.29, 1.82) is 0 Å². The Morgan fingerprint density at radius 1 is 1.14 bits per heavy atom. The van der Waals surface area contributed by atoms with Crippen molar-refractivity contribution >= 4 is 22.5 Å². The first-order valence-electron chi connectivity index (χ1n) is 7.54. The summed E-state index contributed by atoms with van der Waals surface area (Å²) in [5, 5.41) is 0.906. The van der Waals surface area contributed by atoms with Crippen molar-refractivity contribution in [2.75, 3.05) is 20.6 Å². The van der Waals surface area contributed by atoms with E-state index in [2.05, 4.69) is 4.98 Å². The average Bonchev–Trinajstić information content (AvgIpc) is 2.85. The van der Waals surface area contributed by atoms with E-state index in [0.29, 0.717) is 17.7 Å². The van der Waals surface area contributed by atoms with Gasteiger partial charge in [0.15, 0.2) is 11.6 Å². The van der Waals surface area contributed by atoms with Crippen LogP contribution < -0.4 is 0 Å². The number of hydrogen-bond donors (Lipinski definition) is 1. The largest absolute Gasteiger partial charge is 0.352 e. The number of aromatic amines is 1. The first kappa shape index (κ1) is 16.4. The molecule has 1 heterocycles. The molecule has 0 bridgehead atoms. The smallest absolute Gasteiger partial charge is 0.184 e. The molecule has 0 aliphatic carbocycles. The van der Waals surface area contributed by atoms with Crippen LogP contribution in [0.15, 0.2) is 24.3 Å². The summed E-state index contributed by atoms with van der Waals surface area (Å²) in [6.45, 7) is 6.43. The topological polar surface area (TPSA) is 53.2 Å². The van der Waals surface area contributed by atoms with Gasteiger partial charge in [-0.3, -0.25) is 9.59 Å². The molecular formula is C18H24N2O2. The zero-order valence-corrected chi connectivity index (χ0v) is 14.0. The third kappa shape index (κ3) is 3.63. The van der Waals surface area contributed by atoms with Crippen LogP contribution in [0.4, 0.5) is 0 Å². The molecule has 0 aliphatic heterocycles. The lowest BCUT2D eigenvalue weighted by Gasteiger charge is -2.14. The lowest BCUT2D eigenvalue weighted by Crippen LogP contribution is -2.20. The fraction of sp³-hybridized carbons (Fsp3) is 0.444. The van der Waals surface area contributed by atoms with Crippen molar-refractivity contribution in [1.82, 2.24) is 9.88 Å². The van der Waals surface area contributed by atoms with Gasteiger partial charge < -0.3 is 9.88 Å². The predicted molar refractivity (Wildman–Crippen MR) is 89.6 cm³/mol. The predicted octanol–water partition coefficient (Wildman–Crippen LogP) is 3.53. The second kappa shape index (κ2) is 6.05. The van der Waals surface area contributed by atoms with Gasteiger partial charge in [0.1, 0.15) is 0 Å². The number of nitrogens with one attached hydrogen (secondary N) is 1. The fourth-order valence-corrected chi connectivity index (χ4v) is 2.30. The number of rotatable bonds is 5. The van der Waals surface area contributed by atoms with E-state index >= 15 is 0 Å². The van der Waals surface area contributed by atoms with Crippen LogP contribution in [-0.4, -0.2) is 42.1 Å². The molecule has 0 atom stereocenters. The van der Waals surface area contributed by atoms with Crippen molar-refractivity contribution in [3.8, 4) is 0 Å². The summed E-state index contributed by atoms with van der Waals surface area (Å²) in [6, 6.07) is 7.40. The van der Waals surface area contributed by atoms with Crippen LogP contribution >= 0.6 is 0 Å². The van der Waals surface area contributed by atoms with Crippen LogP contribution in [0.25, 0.3) is 10.9 Å². The monoisotopic (exact) mass is 300 g/mol. The van der Waals surface area contributed by atoms with Gasteiger partial charge in [-0.2, -0.15) is 0 Å². The highest BCUT2D eigenvalue weighted by atomic mass is 16.1. The summed E-state index contributed by atoms with van der Waals surface area (Å²) in [6.07, 6.45) is 0.497. The summed E-state index contributed by atoms with van der Waals surface area (Å²) >= 11 is 0. The molecule has 118 valence electrons. The summed E-state index contributed by atoms with van der Waals surface area (Å²) in [7, 11) is 3.90. The Hall–Kier alpha value is -1.94. The number of fused-ring (bicyclic) bond motifs is 1. The van der Waals surface area contributed by atoms with Gasteiger partial charge in [0.05, 0.1) is 5.69 Å². The number of Topliss-reactive ketones (excluding diaryl/α,β-unsaturated/α-hetero) is 2. The second-order valence-corrected chi connectivity index (χ2v) is 7.04. The Morgan fingerprint density at radius 2 is 1.82 bits per heavy atom. The minimum atomic E-state index is -0.425. The van der Waals surface area contributed by atoms with Gasteiger partial charge >= 0.3 is 0 Å². The van der Waals surface area contributed by atoms with Gasteiger partial charge in [0, 0.05) is 34.8 Å². The Kier molecular flexibility index (Phi) is 4.52. The van der Waals surface area contributed by atoms with E-state index in [4.69, 9.17) is 0 Å². The lowest BCUT2D eigenvalue weighted by atomic mass is 9.89. The Bertz CT molecular complexity index is 705. The van der Waals surface area contributed by atoms with Crippen LogP contribution in [0.5, 0.6) is 0 Å². The number of ketones is 2. The first-order valence-corrected chi connectivity index (χ1v) is 7.54. The maximum Gasteiger partial charge on any atom is 0.184 e. The number of aromatic nitrogens is 1. The number of carbonyl (C=O) groups is 2. The van der Waals surface area contributed by atoms with Gasteiger partial charge in [0.25, 0.3) is 0 Å². The minimum absolute atomic E-state index is 0.0733. The number of nitrogens with zero attached hydrogens (tertiary/aromatic N) is 1. The normalized spacial score (nSPS) is 12.1. The molecule has 2 aromatic rings.